The van der Waals surface area contributed by atoms with Crippen LogP contribution in [0.3, 0.4) is 0 Å². The zero-order valence-corrected chi connectivity index (χ0v) is 21.4. The highest BCUT2D eigenvalue weighted by Gasteiger charge is 2.35. The molecule has 5 nitrogen and oxygen atoms in total. The second-order valence-corrected chi connectivity index (χ2v) is 10.4. The number of pyridine rings is 1. The molecule has 6 rings (SSSR count). The SMILES string of the molecule is C[C@](Oc1ccc2c(c1CSc1ccc3ccccc3n1)CCCC2=O)(c1ccccc1)c1ncc[nH]1. The number of benzene rings is 3. The lowest BCUT2D eigenvalue weighted by atomic mass is 9.87. The van der Waals surface area contributed by atoms with Gasteiger partial charge in [-0.3, -0.25) is 4.79 Å². The van der Waals surface area contributed by atoms with Crippen LogP contribution in [0.25, 0.3) is 10.9 Å². The summed E-state index contributed by atoms with van der Waals surface area (Å²) < 4.78 is 6.88. The van der Waals surface area contributed by atoms with E-state index in [1.807, 2.05) is 61.7 Å². The van der Waals surface area contributed by atoms with E-state index in [2.05, 4.69) is 40.3 Å². The van der Waals surface area contributed by atoms with Gasteiger partial charge in [0.15, 0.2) is 17.2 Å². The molecule has 0 fully saturated rings. The molecule has 1 aliphatic carbocycles. The van der Waals surface area contributed by atoms with Crippen LogP contribution in [-0.4, -0.2) is 20.7 Å². The van der Waals surface area contributed by atoms with Crippen molar-refractivity contribution in [3.05, 3.63) is 119 Å². The third-order valence-electron chi connectivity index (χ3n) is 7.05. The number of ketones is 1. The van der Waals surface area contributed by atoms with E-state index in [0.29, 0.717) is 12.2 Å². The van der Waals surface area contributed by atoms with Crippen LogP contribution >= 0.6 is 11.8 Å². The third-order valence-corrected chi connectivity index (χ3v) is 8.00. The first-order chi connectivity index (χ1) is 18.1. The molecule has 184 valence electrons. The average Bonchev–Trinajstić information content (AvgIpc) is 3.49. The van der Waals surface area contributed by atoms with Gasteiger partial charge in [0.25, 0.3) is 0 Å². The number of aromatic amines is 1. The Bertz CT molecular complexity index is 1570. The number of ether oxygens (including phenoxy) is 1. The number of para-hydroxylation sites is 1. The van der Waals surface area contributed by atoms with Crippen molar-refractivity contribution in [2.75, 3.05) is 0 Å². The van der Waals surface area contributed by atoms with Gasteiger partial charge in [-0.05, 0) is 49.6 Å². The summed E-state index contributed by atoms with van der Waals surface area (Å²) in [6, 6.07) is 26.3. The van der Waals surface area contributed by atoms with Gasteiger partial charge < -0.3 is 9.72 Å². The molecule has 1 N–H and O–H groups in total. The van der Waals surface area contributed by atoms with Gasteiger partial charge in [-0.25, -0.2) is 9.97 Å². The molecular formula is C31H27N3O2S. The number of carbonyl (C=O) groups excluding carboxylic acids is 1. The third kappa shape index (κ3) is 4.53. The number of nitrogens with zero attached hydrogens (tertiary/aromatic N) is 2. The van der Waals surface area contributed by atoms with E-state index in [4.69, 9.17) is 9.72 Å². The molecule has 0 amide bonds. The van der Waals surface area contributed by atoms with Crippen LogP contribution in [-0.2, 0) is 17.8 Å². The van der Waals surface area contributed by atoms with Gasteiger partial charge in [0.2, 0.25) is 0 Å². The summed E-state index contributed by atoms with van der Waals surface area (Å²) in [5, 5.41) is 2.07. The first-order valence-electron chi connectivity index (χ1n) is 12.5. The van der Waals surface area contributed by atoms with Crippen LogP contribution in [0, 0.1) is 0 Å². The molecule has 0 radical (unpaired) electrons. The minimum atomic E-state index is -0.835. The Kier molecular flexibility index (Phi) is 6.26. The van der Waals surface area contributed by atoms with Crippen molar-refractivity contribution in [2.45, 2.75) is 42.6 Å². The monoisotopic (exact) mass is 505 g/mol. The van der Waals surface area contributed by atoms with Gasteiger partial charge >= 0.3 is 0 Å². The summed E-state index contributed by atoms with van der Waals surface area (Å²) in [7, 11) is 0. The first-order valence-corrected chi connectivity index (χ1v) is 13.5. The van der Waals surface area contributed by atoms with Crippen molar-refractivity contribution in [1.82, 2.24) is 15.0 Å². The lowest BCUT2D eigenvalue weighted by molar-refractivity contribution is 0.0971. The molecule has 0 aliphatic heterocycles. The zero-order valence-electron chi connectivity index (χ0n) is 20.6. The first kappa shape index (κ1) is 23.5. The van der Waals surface area contributed by atoms with Crippen molar-refractivity contribution >= 4 is 28.4 Å². The predicted molar refractivity (Wildman–Crippen MR) is 147 cm³/mol. The van der Waals surface area contributed by atoms with Gasteiger partial charge in [0.05, 0.1) is 10.5 Å². The van der Waals surface area contributed by atoms with E-state index in [1.165, 1.54) is 0 Å². The lowest BCUT2D eigenvalue weighted by Gasteiger charge is -2.32. The highest BCUT2D eigenvalue weighted by atomic mass is 32.2. The Balaban J connectivity index is 1.41. The van der Waals surface area contributed by atoms with Crippen molar-refractivity contribution in [1.29, 1.82) is 0 Å². The zero-order chi connectivity index (χ0) is 25.2. The van der Waals surface area contributed by atoms with Crippen LogP contribution in [0.4, 0.5) is 0 Å². The Morgan fingerprint density at radius 1 is 0.973 bits per heavy atom. The van der Waals surface area contributed by atoms with E-state index < -0.39 is 5.60 Å². The fourth-order valence-electron chi connectivity index (χ4n) is 5.05. The quantitative estimate of drug-likeness (QED) is 0.239. The predicted octanol–water partition coefficient (Wildman–Crippen LogP) is 7.11. The van der Waals surface area contributed by atoms with Crippen LogP contribution in [0.15, 0.2) is 96.3 Å². The molecule has 6 heteroatoms. The summed E-state index contributed by atoms with van der Waals surface area (Å²) in [6.45, 7) is 2.04. The molecular weight excluding hydrogens is 478 g/mol. The van der Waals surface area contributed by atoms with E-state index in [1.54, 1.807) is 18.0 Å². The van der Waals surface area contributed by atoms with Gasteiger partial charge in [0.1, 0.15) is 5.75 Å². The van der Waals surface area contributed by atoms with Crippen molar-refractivity contribution < 1.29 is 9.53 Å². The summed E-state index contributed by atoms with van der Waals surface area (Å²) in [4.78, 5) is 25.5. The second kappa shape index (κ2) is 9.87. The number of H-pyrrole nitrogens is 1. The average molecular weight is 506 g/mol. The Morgan fingerprint density at radius 3 is 2.65 bits per heavy atom. The largest absolute Gasteiger partial charge is 0.475 e. The number of thioether (sulfide) groups is 1. The van der Waals surface area contributed by atoms with E-state index >= 15 is 0 Å². The Hall–Kier alpha value is -3.90. The van der Waals surface area contributed by atoms with Crippen molar-refractivity contribution in [2.24, 2.45) is 0 Å². The summed E-state index contributed by atoms with van der Waals surface area (Å²) in [5.41, 5.74) is 4.10. The van der Waals surface area contributed by atoms with E-state index in [9.17, 15) is 4.79 Å². The number of Topliss-reactive ketones (excluding diaryl/α,β-unsaturated/α-hetero) is 1. The Labute approximate surface area is 220 Å². The maximum atomic E-state index is 12.8. The summed E-state index contributed by atoms with van der Waals surface area (Å²) >= 11 is 1.67. The number of hydrogen-bond donors (Lipinski definition) is 1. The smallest absolute Gasteiger partial charge is 0.188 e. The number of rotatable bonds is 7. The van der Waals surface area contributed by atoms with Gasteiger partial charge in [-0.15, -0.1) is 11.8 Å². The molecule has 3 aromatic carbocycles. The molecule has 1 aliphatic rings. The standard InChI is InChI=1S/C31H27N3O2S/c1-31(30-32-18-19-33-30,22-9-3-2-4-10-22)36-28-16-15-24-23(11-7-13-27(24)35)25(28)20-37-29-17-14-21-8-5-6-12-26(21)34-29/h2-6,8-10,12,14-19H,7,11,13,20H2,1H3,(H,32,33)/t31-/m0/s1. The highest BCUT2D eigenvalue weighted by molar-refractivity contribution is 7.98. The lowest BCUT2D eigenvalue weighted by Crippen LogP contribution is -2.33. The van der Waals surface area contributed by atoms with Gasteiger partial charge in [-0.1, -0.05) is 54.6 Å². The molecule has 1 atom stereocenters. The fourth-order valence-corrected chi connectivity index (χ4v) is 5.99. The maximum absolute atomic E-state index is 12.8. The van der Waals surface area contributed by atoms with Crippen molar-refractivity contribution in [3.63, 3.8) is 0 Å². The normalized spacial score (nSPS) is 14.8. The molecule has 0 bridgehead atoms. The van der Waals surface area contributed by atoms with Crippen LogP contribution in [0.1, 0.15) is 52.6 Å². The summed E-state index contributed by atoms with van der Waals surface area (Å²) in [5.74, 6) is 2.35. The molecule has 0 saturated carbocycles. The topological polar surface area (TPSA) is 67.9 Å². The molecule has 0 saturated heterocycles. The minimum absolute atomic E-state index is 0.208. The number of fused-ring (bicyclic) bond motifs is 2. The number of nitrogens with one attached hydrogen (secondary N) is 1. The van der Waals surface area contributed by atoms with E-state index in [0.717, 1.165) is 62.6 Å². The van der Waals surface area contributed by atoms with Gasteiger partial charge in [-0.2, -0.15) is 0 Å². The molecule has 37 heavy (non-hydrogen) atoms. The maximum Gasteiger partial charge on any atom is 0.188 e. The number of imidazole rings is 1. The van der Waals surface area contributed by atoms with Crippen LogP contribution in [0.2, 0.25) is 0 Å². The van der Waals surface area contributed by atoms with E-state index in [-0.39, 0.29) is 5.78 Å². The number of hydrogen-bond acceptors (Lipinski definition) is 5. The molecule has 0 unspecified atom stereocenters. The molecule has 0 spiro atoms. The molecule has 2 aromatic heterocycles. The number of carbonyl (C=O) groups is 1. The minimum Gasteiger partial charge on any atom is -0.475 e. The second-order valence-electron chi connectivity index (χ2n) is 9.42. The summed E-state index contributed by atoms with van der Waals surface area (Å²) in [6.07, 6.45) is 5.87. The Morgan fingerprint density at radius 2 is 1.81 bits per heavy atom. The molecule has 2 heterocycles. The van der Waals surface area contributed by atoms with Crippen LogP contribution < -0.4 is 4.74 Å². The van der Waals surface area contributed by atoms with Gasteiger partial charge in [0, 0.05) is 46.6 Å². The fraction of sp³-hybridized carbons (Fsp3) is 0.194. The molecule has 5 aromatic rings. The van der Waals surface area contributed by atoms with Crippen molar-refractivity contribution in [3.8, 4) is 5.75 Å². The highest BCUT2D eigenvalue weighted by Crippen LogP contribution is 2.40. The number of aromatic nitrogens is 3. The van der Waals surface area contributed by atoms with Crippen LogP contribution in [0.5, 0.6) is 5.75 Å².